The van der Waals surface area contributed by atoms with E-state index in [4.69, 9.17) is 16.3 Å². The zero-order valence-electron chi connectivity index (χ0n) is 11.0. The minimum absolute atomic E-state index is 0.330. The lowest BCUT2D eigenvalue weighted by Gasteiger charge is -2.14. The highest BCUT2D eigenvalue weighted by atomic mass is 35.5. The normalized spacial score (nSPS) is 10.1. The van der Waals surface area contributed by atoms with Gasteiger partial charge in [0.15, 0.2) is 0 Å². The fourth-order valence-electron chi connectivity index (χ4n) is 1.48. The highest BCUT2D eigenvalue weighted by Gasteiger charge is 2.08. The van der Waals surface area contributed by atoms with Crippen molar-refractivity contribution < 1.29 is 4.74 Å². The second-order valence-corrected chi connectivity index (χ2v) is 4.50. The number of nitrogens with zero attached hydrogens (tertiary/aromatic N) is 3. The van der Waals surface area contributed by atoms with Crippen LogP contribution in [0.1, 0.15) is 0 Å². The number of anilines is 2. The van der Waals surface area contributed by atoms with Crippen LogP contribution in [-0.4, -0.2) is 31.1 Å². The highest BCUT2D eigenvalue weighted by molar-refractivity contribution is 6.31. The van der Waals surface area contributed by atoms with Crippen molar-refractivity contribution in [2.75, 3.05) is 31.4 Å². The Labute approximate surface area is 117 Å². The van der Waals surface area contributed by atoms with E-state index in [0.717, 1.165) is 5.69 Å². The first-order valence-electron chi connectivity index (χ1n) is 5.75. The molecule has 0 aliphatic carbocycles. The number of benzene rings is 1. The number of rotatable bonds is 4. The van der Waals surface area contributed by atoms with E-state index in [9.17, 15) is 0 Å². The largest absolute Gasteiger partial charge is 0.437 e. The van der Waals surface area contributed by atoms with Crippen molar-refractivity contribution in [2.24, 2.45) is 0 Å². The Hall–Kier alpha value is -2.01. The molecule has 1 N–H and O–H groups in total. The fraction of sp³-hybridized carbons (Fsp3) is 0.231. The Morgan fingerprint density at radius 1 is 1.32 bits per heavy atom. The van der Waals surface area contributed by atoms with E-state index >= 15 is 0 Å². The van der Waals surface area contributed by atoms with Gasteiger partial charge < -0.3 is 15.0 Å². The monoisotopic (exact) mass is 278 g/mol. The molecule has 1 heterocycles. The molecule has 0 bridgehead atoms. The quantitative estimate of drug-likeness (QED) is 0.932. The summed E-state index contributed by atoms with van der Waals surface area (Å²) < 4.78 is 5.69. The summed E-state index contributed by atoms with van der Waals surface area (Å²) in [7, 11) is 5.67. The first-order valence-corrected chi connectivity index (χ1v) is 6.13. The van der Waals surface area contributed by atoms with E-state index in [0.29, 0.717) is 22.6 Å². The minimum Gasteiger partial charge on any atom is -0.437 e. The van der Waals surface area contributed by atoms with Gasteiger partial charge in [0.2, 0.25) is 11.8 Å². The molecule has 1 aromatic carbocycles. The Morgan fingerprint density at radius 3 is 2.79 bits per heavy atom. The summed E-state index contributed by atoms with van der Waals surface area (Å²) in [6.07, 6.45) is 1.51. The molecule has 0 radical (unpaired) electrons. The van der Waals surface area contributed by atoms with Gasteiger partial charge in [-0.2, -0.15) is 4.98 Å². The maximum Gasteiger partial charge on any atom is 0.243 e. The number of hydrogen-bond donors (Lipinski definition) is 1. The van der Waals surface area contributed by atoms with Gasteiger partial charge in [0.05, 0.1) is 6.20 Å². The van der Waals surface area contributed by atoms with Crippen LogP contribution in [0.15, 0.2) is 30.5 Å². The number of halogens is 1. The molecule has 0 amide bonds. The molecule has 2 aromatic rings. The first kappa shape index (κ1) is 13.4. The van der Waals surface area contributed by atoms with Crippen LogP contribution in [0.4, 0.5) is 11.6 Å². The van der Waals surface area contributed by atoms with Crippen molar-refractivity contribution in [1.29, 1.82) is 0 Å². The van der Waals surface area contributed by atoms with Crippen LogP contribution in [0, 0.1) is 0 Å². The van der Waals surface area contributed by atoms with Crippen molar-refractivity contribution in [3.63, 3.8) is 0 Å². The van der Waals surface area contributed by atoms with E-state index in [-0.39, 0.29) is 0 Å². The van der Waals surface area contributed by atoms with Crippen LogP contribution in [0.25, 0.3) is 0 Å². The van der Waals surface area contributed by atoms with Gasteiger partial charge in [0.1, 0.15) is 10.8 Å². The summed E-state index contributed by atoms with van der Waals surface area (Å²) in [4.78, 5) is 10.2. The van der Waals surface area contributed by atoms with E-state index < -0.39 is 0 Å². The summed E-state index contributed by atoms with van der Waals surface area (Å²) in [6.45, 7) is 0. The Balaban J connectivity index is 2.28. The summed E-state index contributed by atoms with van der Waals surface area (Å²) in [5, 5.41) is 3.21. The zero-order valence-corrected chi connectivity index (χ0v) is 11.8. The van der Waals surface area contributed by atoms with Crippen LogP contribution < -0.4 is 15.0 Å². The van der Waals surface area contributed by atoms with E-state index in [1.807, 2.05) is 43.3 Å². The lowest BCUT2D eigenvalue weighted by molar-refractivity contribution is 0.463. The lowest BCUT2D eigenvalue weighted by Crippen LogP contribution is -2.08. The Morgan fingerprint density at radius 2 is 2.11 bits per heavy atom. The molecule has 0 aliphatic rings. The second kappa shape index (κ2) is 5.75. The molecule has 0 atom stereocenters. The molecule has 0 saturated carbocycles. The van der Waals surface area contributed by atoms with Gasteiger partial charge in [-0.15, -0.1) is 0 Å². The topological polar surface area (TPSA) is 50.3 Å². The standard InChI is InChI=1S/C13H15ClN4O/c1-15-13-16-8-11(14)12(17-13)19-10-6-4-5-9(7-10)18(2)3/h4-8H,1-3H3,(H,15,16,17). The van der Waals surface area contributed by atoms with E-state index in [2.05, 4.69) is 15.3 Å². The summed E-state index contributed by atoms with van der Waals surface area (Å²) in [5.74, 6) is 1.47. The third-order valence-electron chi connectivity index (χ3n) is 2.48. The molecule has 0 unspecified atom stereocenters. The molecular weight excluding hydrogens is 264 g/mol. The third kappa shape index (κ3) is 3.26. The Kier molecular flexibility index (Phi) is 4.06. The Bertz CT molecular complexity index is 574. The molecule has 19 heavy (non-hydrogen) atoms. The molecule has 0 fully saturated rings. The average molecular weight is 279 g/mol. The third-order valence-corrected chi connectivity index (χ3v) is 2.74. The van der Waals surface area contributed by atoms with Crippen molar-refractivity contribution in [3.8, 4) is 11.6 Å². The summed E-state index contributed by atoms with van der Waals surface area (Å²) in [5.41, 5.74) is 1.04. The van der Waals surface area contributed by atoms with Gasteiger partial charge in [-0.3, -0.25) is 0 Å². The van der Waals surface area contributed by atoms with Crippen molar-refractivity contribution >= 4 is 23.2 Å². The van der Waals surface area contributed by atoms with Gasteiger partial charge in [0.25, 0.3) is 0 Å². The van der Waals surface area contributed by atoms with Crippen LogP contribution in [0.5, 0.6) is 11.6 Å². The van der Waals surface area contributed by atoms with Crippen molar-refractivity contribution in [2.45, 2.75) is 0 Å². The molecule has 1 aromatic heterocycles. The van der Waals surface area contributed by atoms with Gasteiger partial charge in [0, 0.05) is 32.9 Å². The van der Waals surface area contributed by atoms with E-state index in [1.165, 1.54) is 6.20 Å². The van der Waals surface area contributed by atoms with Crippen LogP contribution >= 0.6 is 11.6 Å². The number of nitrogens with one attached hydrogen (secondary N) is 1. The first-order chi connectivity index (χ1) is 9.10. The average Bonchev–Trinajstić information content (AvgIpc) is 2.41. The number of ether oxygens (including phenoxy) is 1. The maximum absolute atomic E-state index is 6.02. The van der Waals surface area contributed by atoms with Crippen LogP contribution in [0.2, 0.25) is 5.02 Å². The second-order valence-electron chi connectivity index (χ2n) is 4.09. The molecule has 5 nitrogen and oxygen atoms in total. The maximum atomic E-state index is 6.02. The summed E-state index contributed by atoms with van der Waals surface area (Å²) >= 11 is 6.02. The number of hydrogen-bond acceptors (Lipinski definition) is 5. The fourth-order valence-corrected chi connectivity index (χ4v) is 1.61. The molecule has 100 valence electrons. The molecule has 0 aliphatic heterocycles. The van der Waals surface area contributed by atoms with Crippen molar-refractivity contribution in [1.82, 2.24) is 9.97 Å². The minimum atomic E-state index is 0.330. The highest BCUT2D eigenvalue weighted by Crippen LogP contribution is 2.29. The molecule has 0 spiro atoms. The number of aromatic nitrogens is 2. The van der Waals surface area contributed by atoms with Crippen molar-refractivity contribution in [3.05, 3.63) is 35.5 Å². The van der Waals surface area contributed by atoms with Gasteiger partial charge in [-0.25, -0.2) is 4.98 Å². The molecular formula is C13H15ClN4O. The van der Waals surface area contributed by atoms with E-state index in [1.54, 1.807) is 7.05 Å². The molecule has 2 rings (SSSR count). The van der Waals surface area contributed by atoms with Gasteiger partial charge in [-0.05, 0) is 12.1 Å². The van der Waals surface area contributed by atoms with Gasteiger partial charge in [-0.1, -0.05) is 17.7 Å². The molecule has 6 heteroatoms. The predicted octanol–water partition coefficient (Wildman–Crippen LogP) is 3.03. The van der Waals surface area contributed by atoms with Crippen LogP contribution in [-0.2, 0) is 0 Å². The van der Waals surface area contributed by atoms with Crippen LogP contribution in [0.3, 0.4) is 0 Å². The lowest BCUT2D eigenvalue weighted by atomic mass is 10.3. The van der Waals surface area contributed by atoms with Gasteiger partial charge >= 0.3 is 0 Å². The summed E-state index contributed by atoms with van der Waals surface area (Å²) in [6, 6.07) is 7.67. The predicted molar refractivity (Wildman–Crippen MR) is 77.4 cm³/mol. The molecule has 0 saturated heterocycles. The SMILES string of the molecule is CNc1ncc(Cl)c(Oc2cccc(N(C)C)c2)n1. The smallest absolute Gasteiger partial charge is 0.243 e. The zero-order chi connectivity index (χ0) is 13.8.